The molecule has 7 aromatic rings. The molecule has 1 heterocycles. The molecule has 0 atom stereocenters. The van der Waals surface area contributed by atoms with Crippen LogP contribution in [0.25, 0.3) is 22.3 Å². The topological polar surface area (TPSA) is 3.24 Å². The van der Waals surface area contributed by atoms with E-state index in [1.807, 2.05) is 0 Å². The van der Waals surface area contributed by atoms with E-state index in [1.165, 1.54) is 48.7 Å². The van der Waals surface area contributed by atoms with Gasteiger partial charge in [0.25, 0.3) is 0 Å². The van der Waals surface area contributed by atoms with Crippen molar-refractivity contribution in [3.05, 3.63) is 188 Å². The van der Waals surface area contributed by atoms with E-state index in [1.54, 1.807) is 0 Å². The van der Waals surface area contributed by atoms with Gasteiger partial charge in [0, 0.05) is 17.1 Å². The largest absolute Gasteiger partial charge is 0.311 e. The fourth-order valence-corrected chi connectivity index (χ4v) is 12.5. The number of hydrogen-bond donors (Lipinski definition) is 0. The minimum Gasteiger partial charge on any atom is -0.311 e. The van der Waals surface area contributed by atoms with Gasteiger partial charge in [0.15, 0.2) is 8.07 Å². The second-order valence-electron chi connectivity index (χ2n) is 11.3. The molecule has 0 aliphatic carbocycles. The zero-order chi connectivity index (χ0) is 29.3. The van der Waals surface area contributed by atoms with Crippen LogP contribution in [-0.2, 0) is 0 Å². The SMILES string of the molecule is c1ccc(-c2cccc(N(c3ccccc3)c3cccc4c3[Si](c3ccccc3)(c3ccccc3)c3ccccc3-4)c2)cc1. The number of anilines is 3. The van der Waals surface area contributed by atoms with E-state index in [-0.39, 0.29) is 0 Å². The Labute approximate surface area is 260 Å². The summed E-state index contributed by atoms with van der Waals surface area (Å²) in [5.41, 5.74) is 8.61. The van der Waals surface area contributed by atoms with Crippen LogP contribution in [0.5, 0.6) is 0 Å². The summed E-state index contributed by atoms with van der Waals surface area (Å²) in [5, 5.41) is 5.69. The Morgan fingerprint density at radius 3 is 1.55 bits per heavy atom. The Morgan fingerprint density at radius 1 is 0.364 bits per heavy atom. The lowest BCUT2D eigenvalue weighted by Crippen LogP contribution is -2.73. The van der Waals surface area contributed by atoms with Gasteiger partial charge in [-0.05, 0) is 73.3 Å². The van der Waals surface area contributed by atoms with Gasteiger partial charge in [-0.2, -0.15) is 0 Å². The van der Waals surface area contributed by atoms with Crippen LogP contribution in [0.3, 0.4) is 0 Å². The number of para-hydroxylation sites is 1. The third-order valence-electron chi connectivity index (χ3n) is 8.92. The third kappa shape index (κ3) is 4.15. The van der Waals surface area contributed by atoms with Gasteiger partial charge in [-0.25, -0.2) is 0 Å². The molecular weight excluding hydrogens is 547 g/mol. The van der Waals surface area contributed by atoms with Gasteiger partial charge >= 0.3 is 0 Å². The molecular formula is C42H31NSi. The first kappa shape index (κ1) is 26.2. The zero-order valence-corrected chi connectivity index (χ0v) is 25.3. The van der Waals surface area contributed by atoms with E-state index in [0.29, 0.717) is 0 Å². The molecule has 0 spiro atoms. The molecule has 8 rings (SSSR count). The quantitative estimate of drug-likeness (QED) is 0.180. The fraction of sp³-hybridized carbons (Fsp3) is 0. The minimum absolute atomic E-state index is 1.14. The molecule has 0 fully saturated rings. The number of rotatable bonds is 6. The van der Waals surface area contributed by atoms with E-state index in [2.05, 4.69) is 193 Å². The van der Waals surface area contributed by atoms with E-state index < -0.39 is 8.07 Å². The predicted octanol–water partition coefficient (Wildman–Crippen LogP) is 8.18. The predicted molar refractivity (Wildman–Crippen MR) is 189 cm³/mol. The average molecular weight is 578 g/mol. The Morgan fingerprint density at radius 2 is 0.864 bits per heavy atom. The lowest BCUT2D eigenvalue weighted by Gasteiger charge is -2.36. The summed E-state index contributed by atoms with van der Waals surface area (Å²) < 4.78 is 0. The molecule has 7 aromatic carbocycles. The Bertz CT molecular complexity index is 2020. The Kier molecular flexibility index (Phi) is 6.55. The molecule has 44 heavy (non-hydrogen) atoms. The maximum Gasteiger partial charge on any atom is 0.183 e. The maximum atomic E-state index is 2.48. The number of hydrogen-bond acceptors (Lipinski definition) is 1. The van der Waals surface area contributed by atoms with E-state index in [4.69, 9.17) is 0 Å². The number of benzene rings is 7. The summed E-state index contributed by atoms with van der Waals surface area (Å²) in [7, 11) is -2.72. The van der Waals surface area contributed by atoms with Crippen LogP contribution < -0.4 is 25.6 Å². The Balaban J connectivity index is 1.47. The van der Waals surface area contributed by atoms with Crippen molar-refractivity contribution < 1.29 is 0 Å². The van der Waals surface area contributed by atoms with Crippen molar-refractivity contribution in [2.24, 2.45) is 0 Å². The van der Waals surface area contributed by atoms with Gasteiger partial charge < -0.3 is 4.90 Å². The summed E-state index contributed by atoms with van der Waals surface area (Å²) in [6.07, 6.45) is 0. The second kappa shape index (κ2) is 11.0. The standard InChI is InChI=1S/C42H31NSi/c1-5-17-32(18-6-1)33-19-15-22-35(31-33)43(34-20-7-2-8-21-34)40-29-16-28-39-38-27-13-14-30-41(38)44(42(39)40,36-23-9-3-10-24-36)37-25-11-4-12-26-37/h1-31H. The van der Waals surface area contributed by atoms with E-state index in [9.17, 15) is 0 Å². The van der Waals surface area contributed by atoms with Gasteiger partial charge in [0.1, 0.15) is 0 Å². The molecule has 0 radical (unpaired) electrons. The van der Waals surface area contributed by atoms with Crippen LogP contribution in [0, 0.1) is 0 Å². The van der Waals surface area contributed by atoms with Crippen molar-refractivity contribution in [1.82, 2.24) is 0 Å². The highest BCUT2D eigenvalue weighted by molar-refractivity contribution is 7.22. The van der Waals surface area contributed by atoms with Gasteiger partial charge in [0.05, 0.1) is 0 Å². The summed E-state index contributed by atoms with van der Waals surface area (Å²) in [5.74, 6) is 0. The molecule has 0 unspecified atom stereocenters. The molecule has 0 saturated heterocycles. The van der Waals surface area contributed by atoms with Crippen LogP contribution in [0.2, 0.25) is 0 Å². The molecule has 1 aliphatic rings. The first-order valence-electron chi connectivity index (χ1n) is 15.2. The highest BCUT2D eigenvalue weighted by Crippen LogP contribution is 2.40. The molecule has 208 valence electrons. The van der Waals surface area contributed by atoms with Crippen molar-refractivity contribution in [3.8, 4) is 22.3 Å². The molecule has 0 amide bonds. The molecule has 1 aliphatic heterocycles. The van der Waals surface area contributed by atoms with E-state index >= 15 is 0 Å². The van der Waals surface area contributed by atoms with Crippen LogP contribution in [0.15, 0.2) is 188 Å². The summed E-state index contributed by atoms with van der Waals surface area (Å²) in [6.45, 7) is 0. The summed E-state index contributed by atoms with van der Waals surface area (Å²) in [6, 6.07) is 69.0. The lowest BCUT2D eigenvalue weighted by atomic mass is 10.0. The van der Waals surface area contributed by atoms with Crippen molar-refractivity contribution in [3.63, 3.8) is 0 Å². The maximum absolute atomic E-state index is 2.72. The number of fused-ring (bicyclic) bond motifs is 3. The lowest BCUT2D eigenvalue weighted by molar-refractivity contribution is 1.29. The summed E-state index contributed by atoms with van der Waals surface area (Å²) in [4.78, 5) is 2.48. The van der Waals surface area contributed by atoms with Gasteiger partial charge in [-0.3, -0.25) is 0 Å². The molecule has 0 bridgehead atoms. The first-order chi connectivity index (χ1) is 21.9. The Hall–Kier alpha value is -5.44. The van der Waals surface area contributed by atoms with Crippen LogP contribution in [0.1, 0.15) is 0 Å². The highest BCUT2D eigenvalue weighted by Gasteiger charge is 2.50. The molecule has 2 heteroatoms. The molecule has 0 N–H and O–H groups in total. The van der Waals surface area contributed by atoms with Crippen LogP contribution >= 0.6 is 0 Å². The van der Waals surface area contributed by atoms with E-state index in [0.717, 1.165) is 11.4 Å². The summed E-state index contributed by atoms with van der Waals surface area (Å²) >= 11 is 0. The monoisotopic (exact) mass is 577 g/mol. The normalized spacial score (nSPS) is 12.7. The number of nitrogens with zero attached hydrogens (tertiary/aromatic N) is 1. The fourth-order valence-electron chi connectivity index (χ4n) is 7.13. The van der Waals surface area contributed by atoms with Crippen molar-refractivity contribution in [2.45, 2.75) is 0 Å². The second-order valence-corrected chi connectivity index (χ2v) is 15.0. The van der Waals surface area contributed by atoms with Crippen LogP contribution in [0.4, 0.5) is 17.1 Å². The molecule has 0 aromatic heterocycles. The van der Waals surface area contributed by atoms with Crippen molar-refractivity contribution in [2.75, 3.05) is 4.90 Å². The highest BCUT2D eigenvalue weighted by atomic mass is 28.3. The first-order valence-corrected chi connectivity index (χ1v) is 17.2. The van der Waals surface area contributed by atoms with Gasteiger partial charge in [-0.15, -0.1) is 0 Å². The van der Waals surface area contributed by atoms with Crippen LogP contribution in [-0.4, -0.2) is 8.07 Å². The molecule has 0 saturated carbocycles. The zero-order valence-electron chi connectivity index (χ0n) is 24.3. The third-order valence-corrected chi connectivity index (χ3v) is 13.8. The van der Waals surface area contributed by atoms with Crippen molar-refractivity contribution in [1.29, 1.82) is 0 Å². The average Bonchev–Trinajstić information content (AvgIpc) is 3.42. The molecule has 1 nitrogen and oxygen atoms in total. The smallest absolute Gasteiger partial charge is 0.183 e. The minimum atomic E-state index is -2.72. The van der Waals surface area contributed by atoms with Crippen molar-refractivity contribution >= 4 is 45.9 Å². The van der Waals surface area contributed by atoms with Gasteiger partial charge in [0.2, 0.25) is 0 Å². The van der Waals surface area contributed by atoms with Gasteiger partial charge in [-0.1, -0.05) is 158 Å².